The molecule has 1 N–H and O–H groups in total. The van der Waals surface area contributed by atoms with Gasteiger partial charge in [-0.15, -0.1) is 0 Å². The Morgan fingerprint density at radius 3 is 2.62 bits per heavy atom. The van der Waals surface area contributed by atoms with Crippen LogP contribution in [0.2, 0.25) is 5.02 Å². The summed E-state index contributed by atoms with van der Waals surface area (Å²) < 4.78 is 6.69. The van der Waals surface area contributed by atoms with Crippen LogP contribution >= 0.6 is 27.5 Å². The molecular weight excluding hydrogens is 414 g/mol. The first-order valence-electron chi connectivity index (χ1n) is 8.07. The van der Waals surface area contributed by atoms with Crippen LogP contribution in [0.1, 0.15) is 21.5 Å². The molecule has 0 saturated carbocycles. The highest BCUT2D eigenvalue weighted by molar-refractivity contribution is 9.10. The first-order valence-corrected chi connectivity index (χ1v) is 9.24. The zero-order chi connectivity index (χ0) is 18.5. The number of ether oxygens (including phenoxy) is 1. The van der Waals surface area contributed by atoms with Crippen LogP contribution in [0, 0.1) is 6.92 Å². The molecule has 0 aliphatic heterocycles. The Hall–Kier alpha value is -2.30. The normalized spacial score (nSPS) is 10.4. The minimum absolute atomic E-state index is 0.250. The third-order valence-electron chi connectivity index (χ3n) is 3.94. The van der Waals surface area contributed by atoms with E-state index in [1.54, 1.807) is 24.3 Å². The molecule has 3 nitrogen and oxygen atoms in total. The molecule has 3 aromatic rings. The molecule has 0 unspecified atom stereocenters. The topological polar surface area (TPSA) is 38.3 Å². The van der Waals surface area contributed by atoms with E-state index in [2.05, 4.69) is 21.2 Å². The number of rotatable bonds is 5. The second kappa shape index (κ2) is 8.39. The first-order chi connectivity index (χ1) is 12.5. The van der Waals surface area contributed by atoms with Crippen LogP contribution in [0.25, 0.3) is 0 Å². The number of benzene rings is 3. The summed E-state index contributed by atoms with van der Waals surface area (Å²) in [4.78, 5) is 12.8. The van der Waals surface area contributed by atoms with Gasteiger partial charge in [0, 0.05) is 15.2 Å². The van der Waals surface area contributed by atoms with Gasteiger partial charge in [-0.05, 0) is 48.4 Å². The maximum Gasteiger partial charge on any atom is 0.259 e. The number of halogens is 2. The Labute approximate surface area is 166 Å². The Kier molecular flexibility index (Phi) is 5.96. The Morgan fingerprint density at radius 2 is 1.85 bits per heavy atom. The number of hydrogen-bond acceptors (Lipinski definition) is 2. The summed E-state index contributed by atoms with van der Waals surface area (Å²) in [6.07, 6.45) is 0. The maximum atomic E-state index is 12.8. The van der Waals surface area contributed by atoms with Crippen molar-refractivity contribution in [2.45, 2.75) is 13.5 Å². The minimum atomic E-state index is -0.250. The van der Waals surface area contributed by atoms with E-state index in [0.29, 0.717) is 28.6 Å². The first kappa shape index (κ1) is 18.5. The van der Waals surface area contributed by atoms with Crippen molar-refractivity contribution in [3.05, 3.63) is 92.9 Å². The van der Waals surface area contributed by atoms with E-state index in [0.717, 1.165) is 15.6 Å². The monoisotopic (exact) mass is 429 g/mol. The van der Waals surface area contributed by atoms with Gasteiger partial charge < -0.3 is 10.1 Å². The average molecular weight is 431 g/mol. The van der Waals surface area contributed by atoms with Crippen LogP contribution in [0.15, 0.2) is 71.2 Å². The number of carbonyl (C=O) groups excluding carboxylic acids is 1. The molecular formula is C21H17BrClNO2. The lowest BCUT2D eigenvalue weighted by Gasteiger charge is -2.14. The van der Waals surface area contributed by atoms with Gasteiger partial charge in [-0.25, -0.2) is 0 Å². The third kappa shape index (κ3) is 4.45. The fraction of sp³-hybridized carbons (Fsp3) is 0.0952. The van der Waals surface area contributed by atoms with Crippen molar-refractivity contribution in [2.24, 2.45) is 0 Å². The van der Waals surface area contributed by atoms with Gasteiger partial charge in [-0.1, -0.05) is 63.9 Å². The van der Waals surface area contributed by atoms with Crippen molar-refractivity contribution in [1.82, 2.24) is 0 Å². The summed E-state index contributed by atoms with van der Waals surface area (Å²) in [6.45, 7) is 2.25. The molecule has 1 amide bonds. The number of amides is 1. The Bertz CT molecular complexity index is 929. The predicted octanol–water partition coefficient (Wildman–Crippen LogP) is 6.24. The highest BCUT2D eigenvalue weighted by Crippen LogP contribution is 2.27. The number of anilines is 1. The SMILES string of the molecule is Cc1c(Cl)cccc1NC(=O)c1cc(Br)ccc1OCc1ccccc1. The van der Waals surface area contributed by atoms with Crippen molar-refractivity contribution >= 4 is 39.1 Å². The van der Waals surface area contributed by atoms with Crippen LogP contribution in [0.5, 0.6) is 5.75 Å². The van der Waals surface area contributed by atoms with Crippen LogP contribution in [0.4, 0.5) is 5.69 Å². The molecule has 26 heavy (non-hydrogen) atoms. The van der Waals surface area contributed by atoms with E-state index in [9.17, 15) is 4.79 Å². The molecule has 0 fully saturated rings. The summed E-state index contributed by atoms with van der Waals surface area (Å²) in [5.41, 5.74) is 2.99. The Morgan fingerprint density at radius 1 is 1.08 bits per heavy atom. The molecule has 0 radical (unpaired) electrons. The molecule has 0 saturated heterocycles. The summed E-state index contributed by atoms with van der Waals surface area (Å²) in [5, 5.41) is 3.52. The van der Waals surface area contributed by atoms with E-state index in [1.165, 1.54) is 0 Å². The zero-order valence-corrected chi connectivity index (χ0v) is 16.5. The van der Waals surface area contributed by atoms with Gasteiger partial charge in [-0.3, -0.25) is 4.79 Å². The molecule has 3 rings (SSSR count). The molecule has 0 aromatic heterocycles. The Balaban J connectivity index is 1.82. The molecule has 5 heteroatoms. The highest BCUT2D eigenvalue weighted by atomic mass is 79.9. The second-order valence-electron chi connectivity index (χ2n) is 5.78. The van der Waals surface area contributed by atoms with Gasteiger partial charge in [0.25, 0.3) is 5.91 Å². The molecule has 0 bridgehead atoms. The van der Waals surface area contributed by atoms with Gasteiger partial charge in [0.1, 0.15) is 12.4 Å². The molecule has 0 spiro atoms. The van der Waals surface area contributed by atoms with Gasteiger partial charge in [0.05, 0.1) is 5.56 Å². The van der Waals surface area contributed by atoms with Gasteiger partial charge >= 0.3 is 0 Å². The number of nitrogens with one attached hydrogen (secondary N) is 1. The summed E-state index contributed by atoms with van der Waals surface area (Å²) >= 11 is 9.55. The fourth-order valence-corrected chi connectivity index (χ4v) is 3.01. The van der Waals surface area contributed by atoms with E-state index >= 15 is 0 Å². The summed E-state index contributed by atoms with van der Waals surface area (Å²) in [5.74, 6) is 0.272. The maximum absolute atomic E-state index is 12.8. The van der Waals surface area contributed by atoms with Crippen molar-refractivity contribution in [3.63, 3.8) is 0 Å². The quantitative estimate of drug-likeness (QED) is 0.520. The molecule has 0 atom stereocenters. The predicted molar refractivity (Wildman–Crippen MR) is 109 cm³/mol. The largest absolute Gasteiger partial charge is 0.488 e. The van der Waals surface area contributed by atoms with Crippen molar-refractivity contribution < 1.29 is 9.53 Å². The van der Waals surface area contributed by atoms with Crippen molar-refractivity contribution in [2.75, 3.05) is 5.32 Å². The number of carbonyl (C=O) groups is 1. The summed E-state index contributed by atoms with van der Waals surface area (Å²) in [6, 6.07) is 20.6. The summed E-state index contributed by atoms with van der Waals surface area (Å²) in [7, 11) is 0. The van der Waals surface area contributed by atoms with E-state index in [1.807, 2.05) is 49.4 Å². The van der Waals surface area contributed by atoms with Crippen LogP contribution in [0.3, 0.4) is 0 Å². The fourth-order valence-electron chi connectivity index (χ4n) is 2.47. The second-order valence-corrected chi connectivity index (χ2v) is 7.10. The smallest absolute Gasteiger partial charge is 0.259 e. The standard InChI is InChI=1S/C21H17BrClNO2/c1-14-18(23)8-5-9-19(14)24-21(25)17-12-16(22)10-11-20(17)26-13-15-6-3-2-4-7-15/h2-12H,13H2,1H3,(H,24,25). The van der Waals surface area contributed by atoms with E-state index in [4.69, 9.17) is 16.3 Å². The van der Waals surface area contributed by atoms with Crippen LogP contribution in [-0.4, -0.2) is 5.91 Å². The van der Waals surface area contributed by atoms with Gasteiger partial charge in [-0.2, -0.15) is 0 Å². The molecule has 3 aromatic carbocycles. The lowest BCUT2D eigenvalue weighted by atomic mass is 10.1. The molecule has 0 aliphatic rings. The minimum Gasteiger partial charge on any atom is -0.488 e. The number of hydrogen-bond donors (Lipinski definition) is 1. The molecule has 0 aliphatic carbocycles. The van der Waals surface area contributed by atoms with Gasteiger partial charge in [0.2, 0.25) is 0 Å². The highest BCUT2D eigenvalue weighted by Gasteiger charge is 2.15. The average Bonchev–Trinajstić information content (AvgIpc) is 2.65. The van der Waals surface area contributed by atoms with E-state index in [-0.39, 0.29) is 5.91 Å². The van der Waals surface area contributed by atoms with Crippen LogP contribution in [-0.2, 0) is 6.61 Å². The lowest BCUT2D eigenvalue weighted by Crippen LogP contribution is -2.14. The van der Waals surface area contributed by atoms with Crippen molar-refractivity contribution in [1.29, 1.82) is 0 Å². The van der Waals surface area contributed by atoms with Crippen LogP contribution < -0.4 is 10.1 Å². The molecule has 132 valence electrons. The zero-order valence-electron chi connectivity index (χ0n) is 14.1. The molecule has 0 heterocycles. The van der Waals surface area contributed by atoms with Crippen molar-refractivity contribution in [3.8, 4) is 5.75 Å². The third-order valence-corrected chi connectivity index (χ3v) is 4.84. The lowest BCUT2D eigenvalue weighted by molar-refractivity contribution is 0.102. The van der Waals surface area contributed by atoms with Gasteiger partial charge in [0.15, 0.2) is 0 Å². The van der Waals surface area contributed by atoms with E-state index < -0.39 is 0 Å².